The Morgan fingerprint density at radius 1 is 1.09 bits per heavy atom. The molecule has 34 heavy (non-hydrogen) atoms. The van der Waals surface area contributed by atoms with Gasteiger partial charge in [0.15, 0.2) is 5.65 Å². The molecule has 172 valence electrons. The monoisotopic (exact) mass is 488 g/mol. The second kappa shape index (κ2) is 9.44. The molecule has 0 spiro atoms. The number of hydrogen-bond acceptors (Lipinski definition) is 7. The Hall–Kier alpha value is -3.43. The molecular formula is C25H24N6OS2. The molecule has 7 nitrogen and oxygen atoms in total. The number of thiophene rings is 1. The number of carbonyl (C=O) groups is 1. The van der Waals surface area contributed by atoms with Crippen LogP contribution in [-0.2, 0) is 0 Å². The molecule has 1 amide bonds. The van der Waals surface area contributed by atoms with Gasteiger partial charge in [-0.05, 0) is 49.4 Å². The van der Waals surface area contributed by atoms with Crippen molar-refractivity contribution in [3.8, 4) is 16.3 Å². The third kappa shape index (κ3) is 4.12. The number of nitrogens with one attached hydrogen (secondary N) is 1. The first-order valence-corrected chi connectivity index (χ1v) is 12.9. The van der Waals surface area contributed by atoms with Crippen LogP contribution in [0, 0.1) is 6.92 Å². The largest absolute Gasteiger partial charge is 0.296 e. The molecule has 9 heteroatoms. The average Bonchev–Trinajstić information content (AvgIpc) is 3.61. The van der Waals surface area contributed by atoms with Crippen molar-refractivity contribution in [2.45, 2.75) is 39.5 Å². The predicted molar refractivity (Wildman–Crippen MR) is 138 cm³/mol. The lowest BCUT2D eigenvalue weighted by Gasteiger charge is -2.08. The van der Waals surface area contributed by atoms with Gasteiger partial charge in [-0.15, -0.1) is 21.5 Å². The number of anilines is 1. The van der Waals surface area contributed by atoms with E-state index in [1.807, 2.05) is 60.8 Å². The lowest BCUT2D eigenvalue weighted by Crippen LogP contribution is -2.13. The van der Waals surface area contributed by atoms with Crippen molar-refractivity contribution in [3.05, 3.63) is 70.2 Å². The highest BCUT2D eigenvalue weighted by Crippen LogP contribution is 2.32. The van der Waals surface area contributed by atoms with E-state index in [4.69, 9.17) is 10.1 Å². The molecule has 0 aliphatic carbocycles. The summed E-state index contributed by atoms with van der Waals surface area (Å²) in [6.45, 7) is 6.18. The van der Waals surface area contributed by atoms with Gasteiger partial charge in [0.1, 0.15) is 5.01 Å². The standard InChI is InChI=1S/C25H24N6OS2/c1-4-16(5-2)24-28-29-25(34-24)27-23(32)18-14-19(20-12-9-13-33-20)26-22-21(18)15(3)30-31(22)17-10-7-6-8-11-17/h6-14,16H,4-5H2,1-3H3,(H,27,29,32). The fourth-order valence-electron chi connectivity index (χ4n) is 4.02. The van der Waals surface area contributed by atoms with E-state index >= 15 is 0 Å². The summed E-state index contributed by atoms with van der Waals surface area (Å²) >= 11 is 3.02. The zero-order valence-electron chi connectivity index (χ0n) is 19.1. The third-order valence-electron chi connectivity index (χ3n) is 5.83. The Bertz CT molecular complexity index is 1440. The highest BCUT2D eigenvalue weighted by atomic mass is 32.1. The summed E-state index contributed by atoms with van der Waals surface area (Å²) < 4.78 is 1.80. The van der Waals surface area contributed by atoms with Gasteiger partial charge in [0.05, 0.1) is 32.9 Å². The molecule has 0 fully saturated rings. The van der Waals surface area contributed by atoms with E-state index in [1.165, 1.54) is 11.3 Å². The number of carbonyl (C=O) groups excluding carboxylic acids is 1. The van der Waals surface area contributed by atoms with Gasteiger partial charge in [-0.1, -0.05) is 49.4 Å². The summed E-state index contributed by atoms with van der Waals surface area (Å²) in [6, 6.07) is 15.7. The maximum atomic E-state index is 13.5. The molecule has 0 radical (unpaired) electrons. The summed E-state index contributed by atoms with van der Waals surface area (Å²) in [4.78, 5) is 19.4. The van der Waals surface area contributed by atoms with Crippen LogP contribution in [-0.4, -0.2) is 30.9 Å². The zero-order valence-corrected chi connectivity index (χ0v) is 20.8. The highest BCUT2D eigenvalue weighted by Gasteiger charge is 2.22. The number of benzene rings is 1. The summed E-state index contributed by atoms with van der Waals surface area (Å²) in [7, 11) is 0. The van der Waals surface area contributed by atoms with Gasteiger partial charge in [0.2, 0.25) is 5.13 Å². The molecule has 5 rings (SSSR count). The van der Waals surface area contributed by atoms with Crippen molar-refractivity contribution in [1.82, 2.24) is 25.0 Å². The van der Waals surface area contributed by atoms with E-state index in [0.717, 1.165) is 45.2 Å². The first-order valence-electron chi connectivity index (χ1n) is 11.2. The Kier molecular flexibility index (Phi) is 6.21. The number of aromatic nitrogens is 5. The Balaban J connectivity index is 1.61. The Morgan fingerprint density at radius 3 is 2.59 bits per heavy atom. The van der Waals surface area contributed by atoms with Crippen molar-refractivity contribution in [2.24, 2.45) is 0 Å². The summed E-state index contributed by atoms with van der Waals surface area (Å²) in [5.41, 5.74) is 3.53. The van der Waals surface area contributed by atoms with E-state index in [1.54, 1.807) is 16.0 Å². The number of nitrogens with zero attached hydrogens (tertiary/aromatic N) is 5. The predicted octanol–water partition coefficient (Wildman–Crippen LogP) is 6.46. The molecule has 5 aromatic rings. The van der Waals surface area contributed by atoms with Gasteiger partial charge in [0.25, 0.3) is 5.91 Å². The van der Waals surface area contributed by atoms with E-state index in [-0.39, 0.29) is 5.91 Å². The number of amides is 1. The van der Waals surface area contributed by atoms with Crippen LogP contribution in [0.4, 0.5) is 5.13 Å². The lowest BCUT2D eigenvalue weighted by atomic mass is 10.1. The van der Waals surface area contributed by atoms with Gasteiger partial charge in [0, 0.05) is 5.92 Å². The highest BCUT2D eigenvalue weighted by molar-refractivity contribution is 7.15. The minimum atomic E-state index is -0.242. The van der Waals surface area contributed by atoms with Crippen LogP contribution in [0.3, 0.4) is 0 Å². The van der Waals surface area contributed by atoms with Crippen LogP contribution in [0.2, 0.25) is 0 Å². The topological polar surface area (TPSA) is 85.6 Å². The molecule has 0 bridgehead atoms. The van der Waals surface area contributed by atoms with Crippen LogP contribution in [0.15, 0.2) is 53.9 Å². The van der Waals surface area contributed by atoms with Crippen LogP contribution in [0.25, 0.3) is 27.3 Å². The van der Waals surface area contributed by atoms with Crippen LogP contribution in [0.5, 0.6) is 0 Å². The fourth-order valence-corrected chi connectivity index (χ4v) is 5.71. The molecular weight excluding hydrogens is 464 g/mol. The maximum Gasteiger partial charge on any atom is 0.258 e. The number of hydrogen-bond donors (Lipinski definition) is 1. The smallest absolute Gasteiger partial charge is 0.258 e. The lowest BCUT2D eigenvalue weighted by molar-refractivity contribution is 0.102. The average molecular weight is 489 g/mol. The quantitative estimate of drug-likeness (QED) is 0.284. The van der Waals surface area contributed by atoms with Gasteiger partial charge >= 0.3 is 0 Å². The van der Waals surface area contributed by atoms with Crippen LogP contribution < -0.4 is 5.32 Å². The summed E-state index contributed by atoms with van der Waals surface area (Å²) in [5, 5.41) is 20.4. The van der Waals surface area contributed by atoms with E-state index < -0.39 is 0 Å². The van der Waals surface area contributed by atoms with Gasteiger partial charge in [-0.3, -0.25) is 10.1 Å². The molecule has 4 heterocycles. The van der Waals surface area contributed by atoms with Crippen LogP contribution in [0.1, 0.15) is 53.7 Å². The minimum Gasteiger partial charge on any atom is -0.296 e. The molecule has 0 saturated carbocycles. The third-order valence-corrected chi connectivity index (χ3v) is 7.72. The van der Waals surface area contributed by atoms with E-state index in [9.17, 15) is 4.79 Å². The molecule has 1 N–H and O–H groups in total. The van der Waals surface area contributed by atoms with Gasteiger partial charge in [-0.25, -0.2) is 9.67 Å². The summed E-state index contributed by atoms with van der Waals surface area (Å²) in [5.74, 6) is 0.112. The number of rotatable bonds is 7. The second-order valence-electron chi connectivity index (χ2n) is 7.98. The van der Waals surface area contributed by atoms with Crippen molar-refractivity contribution in [3.63, 3.8) is 0 Å². The normalized spacial score (nSPS) is 11.4. The first-order chi connectivity index (χ1) is 16.6. The SMILES string of the molecule is CCC(CC)c1nnc(NC(=O)c2cc(-c3cccs3)nc3c2c(C)nn3-c2ccccc2)s1. The minimum absolute atomic E-state index is 0.242. The Morgan fingerprint density at radius 2 is 1.88 bits per heavy atom. The molecule has 0 unspecified atom stereocenters. The first kappa shape index (κ1) is 22.4. The molecule has 0 aliphatic rings. The van der Waals surface area contributed by atoms with Crippen molar-refractivity contribution in [2.75, 3.05) is 5.32 Å². The van der Waals surface area contributed by atoms with Gasteiger partial charge in [-0.2, -0.15) is 5.10 Å². The van der Waals surface area contributed by atoms with Crippen molar-refractivity contribution >= 4 is 44.7 Å². The fraction of sp³-hybridized carbons (Fsp3) is 0.240. The van der Waals surface area contributed by atoms with Gasteiger partial charge < -0.3 is 0 Å². The number of para-hydroxylation sites is 1. The van der Waals surface area contributed by atoms with E-state index in [2.05, 4.69) is 29.4 Å². The molecule has 0 atom stereocenters. The number of aryl methyl sites for hydroxylation is 1. The number of fused-ring (bicyclic) bond motifs is 1. The van der Waals surface area contributed by atoms with E-state index in [0.29, 0.717) is 22.3 Å². The zero-order chi connectivity index (χ0) is 23.7. The van der Waals surface area contributed by atoms with Crippen molar-refractivity contribution in [1.29, 1.82) is 0 Å². The molecule has 4 aromatic heterocycles. The maximum absolute atomic E-state index is 13.5. The Labute approximate surface area is 205 Å². The van der Waals surface area contributed by atoms with Crippen molar-refractivity contribution < 1.29 is 4.79 Å². The second-order valence-corrected chi connectivity index (χ2v) is 9.93. The number of pyridine rings is 1. The molecule has 0 saturated heterocycles. The summed E-state index contributed by atoms with van der Waals surface area (Å²) in [6.07, 6.45) is 1.98. The molecule has 1 aromatic carbocycles. The molecule has 0 aliphatic heterocycles. The van der Waals surface area contributed by atoms with Crippen LogP contribution >= 0.6 is 22.7 Å².